The summed E-state index contributed by atoms with van der Waals surface area (Å²) < 4.78 is 5.48. The number of unbranched alkanes of at least 4 members (excludes halogenated alkanes) is 37. The van der Waals surface area contributed by atoms with E-state index >= 15 is 0 Å². The van der Waals surface area contributed by atoms with Crippen LogP contribution in [0.15, 0.2) is 48.6 Å². The molecule has 0 bridgehead atoms. The van der Waals surface area contributed by atoms with Crippen LogP contribution in [0.1, 0.15) is 303 Å². The minimum absolute atomic E-state index is 0.00506. The Morgan fingerprint density at radius 1 is 0.418 bits per heavy atom. The molecule has 0 heterocycles. The number of carbonyl (C=O) groups excluding carboxylic acids is 2. The van der Waals surface area contributed by atoms with Crippen molar-refractivity contribution >= 4 is 11.9 Å². The van der Waals surface area contributed by atoms with Crippen molar-refractivity contribution in [3.8, 4) is 0 Å². The second-order valence-electron chi connectivity index (χ2n) is 20.0. The molecule has 1 amide bonds. The van der Waals surface area contributed by atoms with Gasteiger partial charge in [0.1, 0.15) is 0 Å². The summed E-state index contributed by atoms with van der Waals surface area (Å²) in [6.45, 7) is 4.86. The van der Waals surface area contributed by atoms with Crippen molar-refractivity contribution in [2.24, 2.45) is 0 Å². The number of rotatable bonds is 54. The Labute approximate surface area is 416 Å². The molecular formula is C61H113NO5. The zero-order valence-corrected chi connectivity index (χ0v) is 44.6. The van der Waals surface area contributed by atoms with Crippen LogP contribution in [0.25, 0.3) is 0 Å². The van der Waals surface area contributed by atoms with Crippen LogP contribution in [0.5, 0.6) is 0 Å². The van der Waals surface area contributed by atoms with E-state index in [-0.39, 0.29) is 18.5 Å². The minimum atomic E-state index is -0.851. The molecule has 0 fully saturated rings. The summed E-state index contributed by atoms with van der Waals surface area (Å²) in [4.78, 5) is 24.5. The van der Waals surface area contributed by atoms with Gasteiger partial charge in [0.25, 0.3) is 0 Å². The molecule has 6 nitrogen and oxygen atoms in total. The molecule has 0 saturated carbocycles. The number of esters is 1. The summed E-state index contributed by atoms with van der Waals surface area (Å²) in [7, 11) is 0. The summed E-state index contributed by atoms with van der Waals surface area (Å²) in [5, 5.41) is 23.1. The Hall–Kier alpha value is -2.18. The van der Waals surface area contributed by atoms with E-state index in [4.69, 9.17) is 4.74 Å². The smallest absolute Gasteiger partial charge is 0.305 e. The Morgan fingerprint density at radius 2 is 0.746 bits per heavy atom. The Morgan fingerprint density at radius 3 is 1.18 bits per heavy atom. The topological polar surface area (TPSA) is 95.9 Å². The Bertz CT molecular complexity index is 1130. The van der Waals surface area contributed by atoms with E-state index in [1.807, 2.05) is 6.08 Å². The van der Waals surface area contributed by atoms with Gasteiger partial charge in [0, 0.05) is 12.8 Å². The van der Waals surface area contributed by atoms with Gasteiger partial charge in [-0.15, -0.1) is 0 Å². The molecule has 0 saturated heterocycles. The lowest BCUT2D eigenvalue weighted by Gasteiger charge is -2.20. The van der Waals surface area contributed by atoms with Crippen LogP contribution in [-0.2, 0) is 14.3 Å². The van der Waals surface area contributed by atoms with Crippen molar-refractivity contribution < 1.29 is 24.5 Å². The maximum Gasteiger partial charge on any atom is 0.305 e. The number of hydrogen-bond donors (Lipinski definition) is 3. The van der Waals surface area contributed by atoms with Crippen LogP contribution in [-0.4, -0.2) is 47.4 Å². The van der Waals surface area contributed by atoms with Gasteiger partial charge in [-0.05, 0) is 89.9 Å². The van der Waals surface area contributed by atoms with Gasteiger partial charge in [0.05, 0.1) is 25.4 Å². The molecule has 0 aromatic heterocycles. The standard InChI is InChI=1S/C61H113NO5/c1-3-5-7-9-11-13-15-17-19-23-27-31-35-39-43-47-51-55-61(66)67-56-52-48-44-40-36-32-28-25-22-20-21-24-26-30-34-38-42-46-50-54-60(65)62-58(57-63)59(64)53-49-45-41-37-33-29-18-16-14-12-10-8-6-4-2/h11,13,17,19-21,49,53,58-59,63-64H,3-10,12,14-16,18,22-48,50-52,54-57H2,1-2H3,(H,62,65)/b13-11-,19-17-,21-20-,53-49+. The van der Waals surface area contributed by atoms with E-state index < -0.39 is 12.1 Å². The van der Waals surface area contributed by atoms with Gasteiger partial charge in [0.2, 0.25) is 5.91 Å². The maximum absolute atomic E-state index is 12.4. The minimum Gasteiger partial charge on any atom is -0.466 e. The van der Waals surface area contributed by atoms with Crippen molar-refractivity contribution in [3.63, 3.8) is 0 Å². The molecule has 0 rings (SSSR count). The van der Waals surface area contributed by atoms with E-state index in [0.717, 1.165) is 64.2 Å². The predicted molar refractivity (Wildman–Crippen MR) is 292 cm³/mol. The Kier molecular flexibility index (Phi) is 54.6. The summed E-state index contributed by atoms with van der Waals surface area (Å²) in [6.07, 6.45) is 71.3. The molecule has 0 aliphatic heterocycles. The summed E-state index contributed by atoms with van der Waals surface area (Å²) in [5.41, 5.74) is 0. The molecule has 392 valence electrons. The molecule has 2 atom stereocenters. The fourth-order valence-corrected chi connectivity index (χ4v) is 8.78. The molecule has 0 aliphatic rings. The van der Waals surface area contributed by atoms with Gasteiger partial charge in [-0.3, -0.25) is 9.59 Å². The molecular weight excluding hydrogens is 827 g/mol. The van der Waals surface area contributed by atoms with Crippen LogP contribution < -0.4 is 5.32 Å². The summed E-state index contributed by atoms with van der Waals surface area (Å²) in [6, 6.07) is -0.635. The molecule has 0 aliphatic carbocycles. The number of ether oxygens (including phenoxy) is 1. The first-order valence-corrected chi connectivity index (χ1v) is 29.4. The molecule has 6 heteroatoms. The van der Waals surface area contributed by atoms with Crippen LogP contribution >= 0.6 is 0 Å². The van der Waals surface area contributed by atoms with Crippen molar-refractivity contribution in [1.29, 1.82) is 0 Å². The number of amides is 1. The van der Waals surface area contributed by atoms with Crippen LogP contribution in [0.4, 0.5) is 0 Å². The van der Waals surface area contributed by atoms with E-state index in [0.29, 0.717) is 19.4 Å². The van der Waals surface area contributed by atoms with Crippen LogP contribution in [0.3, 0.4) is 0 Å². The zero-order chi connectivity index (χ0) is 48.6. The number of hydrogen-bond acceptors (Lipinski definition) is 5. The van der Waals surface area contributed by atoms with Crippen LogP contribution in [0, 0.1) is 0 Å². The normalized spacial score (nSPS) is 13.0. The van der Waals surface area contributed by atoms with Crippen LogP contribution in [0.2, 0.25) is 0 Å². The third kappa shape index (κ3) is 53.0. The van der Waals surface area contributed by atoms with Gasteiger partial charge < -0.3 is 20.3 Å². The molecule has 2 unspecified atom stereocenters. The average Bonchev–Trinajstić information content (AvgIpc) is 3.33. The third-order valence-electron chi connectivity index (χ3n) is 13.3. The first-order valence-electron chi connectivity index (χ1n) is 29.4. The highest BCUT2D eigenvalue weighted by Gasteiger charge is 2.18. The van der Waals surface area contributed by atoms with Gasteiger partial charge in [0.15, 0.2) is 0 Å². The van der Waals surface area contributed by atoms with Crippen molar-refractivity contribution in [2.75, 3.05) is 13.2 Å². The highest BCUT2D eigenvalue weighted by atomic mass is 16.5. The molecule has 0 aromatic rings. The third-order valence-corrected chi connectivity index (χ3v) is 13.3. The van der Waals surface area contributed by atoms with Gasteiger partial charge >= 0.3 is 5.97 Å². The summed E-state index contributed by atoms with van der Waals surface area (Å²) >= 11 is 0. The van der Waals surface area contributed by atoms with E-state index in [9.17, 15) is 19.8 Å². The Balaban J connectivity index is 3.46. The highest BCUT2D eigenvalue weighted by molar-refractivity contribution is 5.76. The lowest BCUT2D eigenvalue weighted by Crippen LogP contribution is -2.45. The lowest BCUT2D eigenvalue weighted by molar-refractivity contribution is -0.143. The second-order valence-corrected chi connectivity index (χ2v) is 20.0. The van der Waals surface area contributed by atoms with E-state index in [1.165, 1.54) is 212 Å². The first-order chi connectivity index (χ1) is 33.0. The molecule has 0 aromatic carbocycles. The van der Waals surface area contributed by atoms with Crippen molar-refractivity contribution in [3.05, 3.63) is 48.6 Å². The quantitative estimate of drug-likeness (QED) is 0.0321. The zero-order valence-electron chi connectivity index (χ0n) is 44.6. The number of allylic oxidation sites excluding steroid dienone is 7. The van der Waals surface area contributed by atoms with Crippen molar-refractivity contribution in [1.82, 2.24) is 5.32 Å². The highest BCUT2D eigenvalue weighted by Crippen LogP contribution is 2.16. The fourth-order valence-electron chi connectivity index (χ4n) is 8.78. The van der Waals surface area contributed by atoms with Gasteiger partial charge in [-0.25, -0.2) is 0 Å². The predicted octanol–water partition coefficient (Wildman–Crippen LogP) is 18.2. The average molecular weight is 941 g/mol. The van der Waals surface area contributed by atoms with Crippen molar-refractivity contribution in [2.45, 2.75) is 315 Å². The largest absolute Gasteiger partial charge is 0.466 e. The SMILES string of the molecule is CCCCC/C=C\C/C=C\CCCCCCCCCC(=O)OCCCCCCCCCC/C=C\CCCCCCCCCC(=O)NC(CO)C(O)/C=C/CCCCCCCCCCCCCC. The maximum atomic E-state index is 12.4. The number of carbonyl (C=O) groups is 2. The fraction of sp³-hybridized carbons (Fsp3) is 0.836. The van der Waals surface area contributed by atoms with E-state index in [2.05, 4.69) is 55.6 Å². The van der Waals surface area contributed by atoms with Gasteiger partial charge in [-0.1, -0.05) is 249 Å². The van der Waals surface area contributed by atoms with Gasteiger partial charge in [-0.2, -0.15) is 0 Å². The molecule has 0 spiro atoms. The second kappa shape index (κ2) is 56.4. The number of nitrogens with one attached hydrogen (secondary N) is 1. The summed E-state index contributed by atoms with van der Waals surface area (Å²) in [5.74, 6) is -0.0832. The molecule has 67 heavy (non-hydrogen) atoms. The van der Waals surface area contributed by atoms with E-state index in [1.54, 1.807) is 6.08 Å². The first kappa shape index (κ1) is 64.8. The molecule has 0 radical (unpaired) electrons. The number of aliphatic hydroxyl groups excluding tert-OH is 2. The monoisotopic (exact) mass is 940 g/mol. The number of aliphatic hydroxyl groups is 2. The molecule has 3 N–H and O–H groups in total. The lowest BCUT2D eigenvalue weighted by atomic mass is 10.0.